The summed E-state index contributed by atoms with van der Waals surface area (Å²) in [5.41, 5.74) is 1.61. The lowest BCUT2D eigenvalue weighted by Crippen LogP contribution is -2.13. The second-order valence-electron chi connectivity index (χ2n) is 4.39. The van der Waals surface area contributed by atoms with Gasteiger partial charge in [-0.25, -0.2) is 8.42 Å². The van der Waals surface area contributed by atoms with Crippen molar-refractivity contribution in [2.24, 2.45) is 0 Å². The van der Waals surface area contributed by atoms with Crippen LogP contribution < -0.4 is 4.72 Å². The Hall–Kier alpha value is -1.08. The van der Waals surface area contributed by atoms with Crippen molar-refractivity contribution in [1.29, 1.82) is 0 Å². The van der Waals surface area contributed by atoms with Crippen LogP contribution in [0.5, 0.6) is 0 Å². The Morgan fingerprint density at radius 3 is 2.55 bits per heavy atom. The van der Waals surface area contributed by atoms with Crippen molar-refractivity contribution < 1.29 is 13.5 Å². The van der Waals surface area contributed by atoms with Crippen molar-refractivity contribution in [2.45, 2.75) is 24.2 Å². The summed E-state index contributed by atoms with van der Waals surface area (Å²) in [7, 11) is -3.70. The van der Waals surface area contributed by atoms with Crippen molar-refractivity contribution in [3.05, 3.63) is 45.8 Å². The van der Waals surface area contributed by atoms with Crippen LogP contribution in [0.15, 0.2) is 34.5 Å². The Morgan fingerprint density at radius 2 is 2.00 bits per heavy atom. The Labute approximate surface area is 127 Å². The van der Waals surface area contributed by atoms with E-state index in [0.717, 1.165) is 16.9 Å². The van der Waals surface area contributed by atoms with Gasteiger partial charge in [-0.3, -0.25) is 4.72 Å². The van der Waals surface area contributed by atoms with Gasteiger partial charge in [0.05, 0.1) is 16.1 Å². The summed E-state index contributed by atoms with van der Waals surface area (Å²) >= 11 is 6.91. The molecular weight excluding hydrogens is 318 g/mol. The first-order valence-electron chi connectivity index (χ1n) is 5.87. The number of para-hydroxylation sites is 1. The predicted octanol–water partition coefficient (Wildman–Crippen LogP) is 3.56. The summed E-state index contributed by atoms with van der Waals surface area (Å²) in [5, 5.41) is 9.67. The smallest absolute Gasteiger partial charge is 0.271 e. The van der Waals surface area contributed by atoms with Gasteiger partial charge in [-0.1, -0.05) is 29.8 Å². The van der Waals surface area contributed by atoms with Gasteiger partial charge in [-0.2, -0.15) is 0 Å². The highest BCUT2D eigenvalue weighted by molar-refractivity contribution is 7.94. The minimum atomic E-state index is -3.70. The molecule has 0 aliphatic heterocycles. The number of benzene rings is 1. The maximum Gasteiger partial charge on any atom is 0.271 e. The van der Waals surface area contributed by atoms with Crippen LogP contribution in [0.1, 0.15) is 24.2 Å². The van der Waals surface area contributed by atoms with Crippen molar-refractivity contribution in [3.8, 4) is 0 Å². The molecule has 0 fully saturated rings. The van der Waals surface area contributed by atoms with E-state index >= 15 is 0 Å². The summed E-state index contributed by atoms with van der Waals surface area (Å²) in [6.45, 7) is 3.33. The molecule has 0 aliphatic carbocycles. The van der Waals surface area contributed by atoms with Crippen molar-refractivity contribution in [3.63, 3.8) is 0 Å². The van der Waals surface area contributed by atoms with Gasteiger partial charge in [0.1, 0.15) is 4.21 Å². The average Bonchev–Trinajstić information content (AvgIpc) is 2.70. The number of hydrogen-bond donors (Lipinski definition) is 2. The molecule has 2 rings (SSSR count). The summed E-state index contributed by atoms with van der Waals surface area (Å²) in [4.78, 5) is 0. The molecule has 7 heteroatoms. The molecule has 2 aromatic rings. The number of sulfonamides is 1. The minimum Gasteiger partial charge on any atom is -0.389 e. The van der Waals surface area contributed by atoms with Gasteiger partial charge in [0.15, 0.2) is 0 Å². The number of thiophene rings is 1. The molecule has 0 aliphatic rings. The fraction of sp³-hybridized carbons (Fsp3) is 0.231. The number of halogens is 1. The van der Waals surface area contributed by atoms with E-state index in [1.807, 2.05) is 0 Å². The minimum absolute atomic E-state index is 0.153. The Morgan fingerprint density at radius 1 is 1.35 bits per heavy atom. The lowest BCUT2D eigenvalue weighted by atomic mass is 10.1. The zero-order chi connectivity index (χ0) is 14.9. The van der Waals surface area contributed by atoms with E-state index < -0.39 is 16.1 Å². The SMILES string of the molecule is Cc1cc(S(=O)(=O)Nc2ccccc2C(C)O)sc1Cl. The molecule has 4 nitrogen and oxygen atoms in total. The van der Waals surface area contributed by atoms with E-state index in [9.17, 15) is 13.5 Å². The Bertz CT molecular complexity index is 703. The number of rotatable bonds is 4. The molecule has 0 bridgehead atoms. The summed E-state index contributed by atoms with van der Waals surface area (Å²) in [5.74, 6) is 0. The fourth-order valence-electron chi connectivity index (χ4n) is 1.71. The van der Waals surface area contributed by atoms with Gasteiger partial charge in [0.25, 0.3) is 10.0 Å². The van der Waals surface area contributed by atoms with Gasteiger partial charge in [0.2, 0.25) is 0 Å². The first-order chi connectivity index (χ1) is 9.31. The first kappa shape index (κ1) is 15.3. The molecule has 2 N–H and O–H groups in total. The Balaban J connectivity index is 2.38. The molecule has 0 amide bonds. The summed E-state index contributed by atoms with van der Waals surface area (Å²) < 4.78 is 27.7. The first-order valence-corrected chi connectivity index (χ1v) is 8.55. The van der Waals surface area contributed by atoms with Crippen LogP contribution in [0.2, 0.25) is 4.34 Å². The largest absolute Gasteiger partial charge is 0.389 e. The molecule has 0 saturated carbocycles. The standard InChI is InChI=1S/C13H14ClNO3S2/c1-8-7-12(19-13(8)14)20(17,18)15-11-6-4-3-5-10(11)9(2)16/h3-7,9,15-16H,1-2H3. The molecular formula is C13H14ClNO3S2. The molecule has 0 spiro atoms. The van der Waals surface area contributed by atoms with E-state index in [2.05, 4.69) is 4.72 Å². The van der Waals surface area contributed by atoms with E-state index in [-0.39, 0.29) is 4.21 Å². The summed E-state index contributed by atoms with van der Waals surface area (Å²) in [6.07, 6.45) is -0.762. The van der Waals surface area contributed by atoms with Gasteiger partial charge >= 0.3 is 0 Å². The number of aryl methyl sites for hydroxylation is 1. The van der Waals surface area contributed by atoms with Gasteiger partial charge in [-0.05, 0) is 31.5 Å². The molecule has 1 aromatic heterocycles. The number of aliphatic hydroxyl groups is 1. The molecule has 0 radical (unpaired) electrons. The highest BCUT2D eigenvalue weighted by atomic mass is 35.5. The van der Waals surface area contributed by atoms with E-state index in [0.29, 0.717) is 15.6 Å². The third-order valence-electron chi connectivity index (χ3n) is 2.75. The second-order valence-corrected chi connectivity index (χ2v) is 7.95. The average molecular weight is 332 g/mol. The highest BCUT2D eigenvalue weighted by Gasteiger charge is 2.20. The lowest BCUT2D eigenvalue weighted by molar-refractivity contribution is 0.200. The predicted molar refractivity (Wildman–Crippen MR) is 82.0 cm³/mol. The van der Waals surface area contributed by atoms with E-state index in [4.69, 9.17) is 11.6 Å². The van der Waals surface area contributed by atoms with Crippen LogP contribution >= 0.6 is 22.9 Å². The van der Waals surface area contributed by atoms with Crippen LogP contribution in [0.4, 0.5) is 5.69 Å². The number of aliphatic hydroxyl groups excluding tert-OH is 1. The van der Waals surface area contributed by atoms with Crippen molar-refractivity contribution >= 4 is 38.6 Å². The molecule has 1 aromatic carbocycles. The third-order valence-corrected chi connectivity index (χ3v) is 6.15. The number of hydrogen-bond acceptors (Lipinski definition) is 4. The number of anilines is 1. The summed E-state index contributed by atoms with van der Waals surface area (Å²) in [6, 6.07) is 8.26. The molecule has 1 atom stereocenters. The highest BCUT2D eigenvalue weighted by Crippen LogP contribution is 2.32. The zero-order valence-electron chi connectivity index (χ0n) is 10.9. The van der Waals surface area contributed by atoms with Gasteiger partial charge in [0, 0.05) is 5.56 Å². The second kappa shape index (κ2) is 5.73. The van der Waals surface area contributed by atoms with Crippen LogP contribution in [0.3, 0.4) is 0 Å². The normalized spacial score (nSPS) is 13.2. The van der Waals surface area contributed by atoms with Crippen LogP contribution in [-0.4, -0.2) is 13.5 Å². The molecule has 108 valence electrons. The third kappa shape index (κ3) is 3.15. The van der Waals surface area contributed by atoms with Crippen molar-refractivity contribution in [1.82, 2.24) is 0 Å². The molecule has 1 unspecified atom stereocenters. The van der Waals surface area contributed by atoms with Gasteiger partial charge < -0.3 is 5.11 Å². The lowest BCUT2D eigenvalue weighted by Gasteiger charge is -2.13. The van der Waals surface area contributed by atoms with Crippen LogP contribution in [0, 0.1) is 6.92 Å². The maximum absolute atomic E-state index is 12.3. The quantitative estimate of drug-likeness (QED) is 0.900. The monoisotopic (exact) mass is 331 g/mol. The zero-order valence-corrected chi connectivity index (χ0v) is 13.3. The van der Waals surface area contributed by atoms with E-state index in [1.165, 1.54) is 6.07 Å². The van der Waals surface area contributed by atoms with Crippen LogP contribution in [-0.2, 0) is 10.0 Å². The van der Waals surface area contributed by atoms with Crippen LogP contribution in [0.25, 0.3) is 0 Å². The molecule has 1 heterocycles. The molecule has 20 heavy (non-hydrogen) atoms. The molecule has 0 saturated heterocycles. The fourth-order valence-corrected chi connectivity index (χ4v) is 4.51. The maximum atomic E-state index is 12.3. The Kier molecular flexibility index (Phi) is 4.39. The van der Waals surface area contributed by atoms with Gasteiger partial charge in [-0.15, -0.1) is 11.3 Å². The number of nitrogens with one attached hydrogen (secondary N) is 1. The van der Waals surface area contributed by atoms with E-state index in [1.54, 1.807) is 38.1 Å². The van der Waals surface area contributed by atoms with Crippen molar-refractivity contribution in [2.75, 3.05) is 4.72 Å². The topological polar surface area (TPSA) is 66.4 Å².